The Morgan fingerprint density at radius 3 is 2.28 bits per heavy atom. The van der Waals surface area contributed by atoms with Gasteiger partial charge in [-0.25, -0.2) is 13.2 Å². The largest absolute Gasteiger partial charge is 0.454 e. The number of halogens is 1. The van der Waals surface area contributed by atoms with Gasteiger partial charge < -0.3 is 4.74 Å². The summed E-state index contributed by atoms with van der Waals surface area (Å²) in [5, 5.41) is 0.257. The van der Waals surface area contributed by atoms with Crippen LogP contribution in [-0.2, 0) is 14.8 Å². The first kappa shape index (κ1) is 23.2. The maximum atomic E-state index is 13.3. The predicted octanol–water partition coefficient (Wildman–Crippen LogP) is 4.76. The second-order valence-corrected chi connectivity index (χ2v) is 8.94. The van der Waals surface area contributed by atoms with E-state index < -0.39 is 22.6 Å². The molecular formula is C24H20ClNO5S. The molecule has 3 rings (SSSR count). The third-order valence-electron chi connectivity index (χ3n) is 4.50. The summed E-state index contributed by atoms with van der Waals surface area (Å²) in [5.74, 6) is -1.17. The smallest absolute Gasteiger partial charge is 0.338 e. The van der Waals surface area contributed by atoms with Crippen LogP contribution in [0.25, 0.3) is 0 Å². The maximum absolute atomic E-state index is 13.3. The van der Waals surface area contributed by atoms with Crippen LogP contribution in [0.3, 0.4) is 0 Å². The second-order valence-electron chi connectivity index (χ2n) is 6.67. The molecular weight excluding hydrogens is 450 g/mol. The lowest BCUT2D eigenvalue weighted by Gasteiger charge is -2.24. The molecule has 0 bridgehead atoms. The highest BCUT2D eigenvalue weighted by molar-refractivity contribution is 7.92. The van der Waals surface area contributed by atoms with Crippen molar-refractivity contribution in [1.29, 1.82) is 0 Å². The molecule has 0 N–H and O–H groups in total. The zero-order chi connectivity index (χ0) is 23.1. The molecule has 0 atom stereocenters. The number of para-hydroxylation sites is 1. The minimum atomic E-state index is -4.07. The van der Waals surface area contributed by atoms with Crippen molar-refractivity contribution in [3.05, 3.63) is 108 Å². The fourth-order valence-electron chi connectivity index (χ4n) is 2.93. The summed E-state index contributed by atoms with van der Waals surface area (Å²) in [5.41, 5.74) is 0.705. The zero-order valence-corrected chi connectivity index (χ0v) is 18.6. The minimum Gasteiger partial charge on any atom is -0.454 e. The summed E-state index contributed by atoms with van der Waals surface area (Å²) in [6.45, 7) is 3.14. The highest BCUT2D eigenvalue weighted by Crippen LogP contribution is 2.30. The van der Waals surface area contributed by atoms with Crippen LogP contribution in [0, 0.1) is 0 Å². The van der Waals surface area contributed by atoms with Gasteiger partial charge >= 0.3 is 5.97 Å². The van der Waals surface area contributed by atoms with Gasteiger partial charge in [-0.2, -0.15) is 0 Å². The second kappa shape index (κ2) is 10.3. The van der Waals surface area contributed by atoms with E-state index in [9.17, 15) is 18.0 Å². The lowest BCUT2D eigenvalue weighted by molar-refractivity contribution is 0.0474. The Labute approximate surface area is 191 Å². The molecule has 0 fully saturated rings. The molecule has 6 nitrogen and oxygen atoms in total. The van der Waals surface area contributed by atoms with E-state index in [1.807, 2.05) is 0 Å². The molecule has 3 aromatic carbocycles. The number of sulfonamides is 1. The highest BCUT2D eigenvalue weighted by atomic mass is 35.5. The van der Waals surface area contributed by atoms with Gasteiger partial charge in [0, 0.05) is 5.56 Å². The van der Waals surface area contributed by atoms with Crippen LogP contribution < -0.4 is 4.31 Å². The monoisotopic (exact) mass is 469 g/mol. The number of anilines is 1. The van der Waals surface area contributed by atoms with Crippen molar-refractivity contribution < 1.29 is 22.7 Å². The lowest BCUT2D eigenvalue weighted by Crippen LogP contribution is -2.31. The molecule has 0 aromatic heterocycles. The van der Waals surface area contributed by atoms with Crippen LogP contribution in [0.1, 0.15) is 20.7 Å². The molecule has 0 unspecified atom stereocenters. The number of ether oxygens (including phenoxy) is 1. The van der Waals surface area contributed by atoms with E-state index in [-0.39, 0.29) is 33.5 Å². The number of hydrogen-bond donors (Lipinski definition) is 0. The quantitative estimate of drug-likeness (QED) is 0.256. The number of ketones is 1. The molecule has 0 radical (unpaired) electrons. The molecule has 0 aliphatic rings. The molecule has 0 saturated carbocycles. The number of carbonyl (C=O) groups is 2. The number of benzene rings is 3. The predicted molar refractivity (Wildman–Crippen MR) is 124 cm³/mol. The van der Waals surface area contributed by atoms with Crippen molar-refractivity contribution in [2.45, 2.75) is 4.90 Å². The van der Waals surface area contributed by atoms with Gasteiger partial charge in [0.05, 0.1) is 27.7 Å². The van der Waals surface area contributed by atoms with Crippen LogP contribution >= 0.6 is 11.6 Å². The van der Waals surface area contributed by atoms with E-state index in [0.29, 0.717) is 5.56 Å². The first-order valence-corrected chi connectivity index (χ1v) is 11.4. The van der Waals surface area contributed by atoms with Gasteiger partial charge in [-0.3, -0.25) is 9.10 Å². The topological polar surface area (TPSA) is 80.8 Å². The van der Waals surface area contributed by atoms with Gasteiger partial charge in [0.25, 0.3) is 10.0 Å². The molecule has 3 aromatic rings. The first-order valence-electron chi connectivity index (χ1n) is 9.58. The Hall–Kier alpha value is -3.42. The number of esters is 1. The molecule has 0 aliphatic carbocycles. The summed E-state index contributed by atoms with van der Waals surface area (Å²) < 4.78 is 32.8. The van der Waals surface area contributed by atoms with Gasteiger partial charge in [0.1, 0.15) is 0 Å². The van der Waals surface area contributed by atoms with E-state index in [1.165, 1.54) is 30.3 Å². The Bertz CT molecular complexity index is 1240. The van der Waals surface area contributed by atoms with Gasteiger partial charge in [-0.15, -0.1) is 6.58 Å². The van der Waals surface area contributed by atoms with Gasteiger partial charge in [-0.05, 0) is 30.3 Å². The van der Waals surface area contributed by atoms with E-state index in [2.05, 4.69) is 6.58 Å². The Balaban J connectivity index is 1.83. The van der Waals surface area contributed by atoms with Crippen LogP contribution in [-0.4, -0.2) is 33.3 Å². The van der Waals surface area contributed by atoms with Gasteiger partial charge in [-0.1, -0.05) is 66.2 Å². The average Bonchev–Trinajstić information content (AvgIpc) is 2.82. The Morgan fingerprint density at radius 1 is 0.938 bits per heavy atom. The van der Waals surface area contributed by atoms with E-state index in [0.717, 1.165) is 4.31 Å². The Kier molecular flexibility index (Phi) is 7.45. The highest BCUT2D eigenvalue weighted by Gasteiger charge is 2.26. The van der Waals surface area contributed by atoms with Gasteiger partial charge in [0.2, 0.25) is 0 Å². The van der Waals surface area contributed by atoms with E-state index in [4.69, 9.17) is 16.3 Å². The summed E-state index contributed by atoms with van der Waals surface area (Å²) in [6.07, 6.45) is 1.44. The van der Waals surface area contributed by atoms with E-state index >= 15 is 0 Å². The molecule has 32 heavy (non-hydrogen) atoms. The molecule has 164 valence electrons. The number of rotatable bonds is 9. The third kappa shape index (κ3) is 5.25. The van der Waals surface area contributed by atoms with Gasteiger partial charge in [0.15, 0.2) is 12.4 Å². The standard InChI is InChI=1S/C24H20ClNO5S/c1-2-15-26(22-14-7-6-13-21(22)25)32(29,30)20-12-8-11-19(16-20)24(28)31-17-23(27)18-9-4-3-5-10-18/h2-14,16H,1,15,17H2. The first-order chi connectivity index (χ1) is 15.3. The van der Waals surface area contributed by atoms with Crippen molar-refractivity contribution in [1.82, 2.24) is 0 Å². The maximum Gasteiger partial charge on any atom is 0.338 e. The number of nitrogens with zero attached hydrogens (tertiary/aromatic N) is 1. The summed E-state index contributed by atoms with van der Waals surface area (Å²) in [6, 6.07) is 20.4. The number of Topliss-reactive ketones (excluding diaryl/α,β-unsaturated/α-hetero) is 1. The molecule has 0 amide bonds. The molecule has 0 saturated heterocycles. The van der Waals surface area contributed by atoms with Crippen molar-refractivity contribution in [3.63, 3.8) is 0 Å². The van der Waals surface area contributed by atoms with Crippen molar-refractivity contribution >= 4 is 39.1 Å². The minimum absolute atomic E-state index is 0.00430. The average molecular weight is 470 g/mol. The van der Waals surface area contributed by atoms with Crippen LogP contribution in [0.2, 0.25) is 5.02 Å². The molecule has 0 aliphatic heterocycles. The zero-order valence-electron chi connectivity index (χ0n) is 17.0. The molecule has 0 heterocycles. The van der Waals surface area contributed by atoms with Crippen molar-refractivity contribution in [3.8, 4) is 0 Å². The summed E-state index contributed by atoms with van der Waals surface area (Å²) in [4.78, 5) is 24.5. The van der Waals surface area contributed by atoms with Crippen LogP contribution in [0.15, 0.2) is 96.4 Å². The van der Waals surface area contributed by atoms with Crippen LogP contribution in [0.4, 0.5) is 5.69 Å². The fraction of sp³-hybridized carbons (Fsp3) is 0.0833. The van der Waals surface area contributed by atoms with Crippen molar-refractivity contribution in [2.75, 3.05) is 17.5 Å². The lowest BCUT2D eigenvalue weighted by atomic mass is 10.1. The number of carbonyl (C=O) groups excluding carboxylic acids is 2. The summed E-state index contributed by atoms with van der Waals surface area (Å²) in [7, 11) is -4.07. The SMILES string of the molecule is C=CCN(c1ccccc1Cl)S(=O)(=O)c1cccc(C(=O)OCC(=O)c2ccccc2)c1. The third-order valence-corrected chi connectivity index (χ3v) is 6.60. The van der Waals surface area contributed by atoms with Crippen molar-refractivity contribution in [2.24, 2.45) is 0 Å². The van der Waals surface area contributed by atoms with E-state index in [1.54, 1.807) is 54.6 Å². The van der Waals surface area contributed by atoms with Crippen LogP contribution in [0.5, 0.6) is 0 Å². The molecule has 0 spiro atoms. The number of hydrogen-bond acceptors (Lipinski definition) is 5. The normalized spacial score (nSPS) is 10.9. The molecule has 8 heteroatoms. The fourth-order valence-corrected chi connectivity index (χ4v) is 4.72. The Morgan fingerprint density at radius 2 is 1.59 bits per heavy atom. The summed E-state index contributed by atoms with van der Waals surface area (Å²) >= 11 is 6.20.